The molecule has 0 bridgehead atoms. The van der Waals surface area contributed by atoms with Crippen LogP contribution in [0.2, 0.25) is 0 Å². The molecule has 148 valence electrons. The van der Waals surface area contributed by atoms with Gasteiger partial charge in [-0.3, -0.25) is 4.79 Å². The van der Waals surface area contributed by atoms with Crippen LogP contribution in [0.3, 0.4) is 0 Å². The van der Waals surface area contributed by atoms with Gasteiger partial charge in [0.1, 0.15) is 0 Å². The lowest BCUT2D eigenvalue weighted by Gasteiger charge is -2.35. The Kier molecular flexibility index (Phi) is 8.99. The number of amides is 1. The third-order valence-electron chi connectivity index (χ3n) is 4.50. The monoisotopic (exact) mass is 405 g/mol. The van der Waals surface area contributed by atoms with Crippen LogP contribution >= 0.6 is 12.4 Å². The lowest BCUT2D eigenvalue weighted by Crippen LogP contribution is -2.51. The van der Waals surface area contributed by atoms with Crippen molar-refractivity contribution in [1.82, 2.24) is 15.4 Å². The first-order valence-corrected chi connectivity index (χ1v) is 9.92. The minimum atomic E-state index is -3.56. The Morgan fingerprint density at radius 1 is 1.19 bits per heavy atom. The van der Waals surface area contributed by atoms with Gasteiger partial charge in [0.2, 0.25) is 15.9 Å². The van der Waals surface area contributed by atoms with E-state index in [-0.39, 0.29) is 36.3 Å². The summed E-state index contributed by atoms with van der Waals surface area (Å²) in [5, 5.41) is 6.07. The second kappa shape index (κ2) is 10.2. The summed E-state index contributed by atoms with van der Waals surface area (Å²) in [6, 6.07) is 6.64. The number of ether oxygens (including phenoxy) is 1. The fraction of sp³-hybridized carbons (Fsp3) is 0.588. The highest BCUT2D eigenvalue weighted by atomic mass is 35.5. The van der Waals surface area contributed by atoms with Gasteiger partial charge >= 0.3 is 0 Å². The van der Waals surface area contributed by atoms with E-state index in [1.807, 2.05) is 6.92 Å². The Morgan fingerprint density at radius 2 is 1.81 bits per heavy atom. The third-order valence-corrected chi connectivity index (χ3v) is 5.97. The van der Waals surface area contributed by atoms with E-state index < -0.39 is 15.4 Å². The molecule has 0 aromatic heterocycles. The van der Waals surface area contributed by atoms with Crippen molar-refractivity contribution < 1.29 is 17.9 Å². The highest BCUT2D eigenvalue weighted by Gasteiger charge is 2.39. The van der Waals surface area contributed by atoms with Gasteiger partial charge < -0.3 is 15.4 Å². The van der Waals surface area contributed by atoms with E-state index in [0.717, 1.165) is 18.7 Å². The fourth-order valence-corrected chi connectivity index (χ4v) is 4.00. The van der Waals surface area contributed by atoms with E-state index in [2.05, 4.69) is 15.4 Å². The van der Waals surface area contributed by atoms with Crippen molar-refractivity contribution in [2.45, 2.75) is 24.7 Å². The number of hydrogen-bond donors (Lipinski definition) is 3. The third kappa shape index (κ3) is 5.92. The zero-order chi connectivity index (χ0) is 18.3. The van der Waals surface area contributed by atoms with Gasteiger partial charge in [0.15, 0.2) is 0 Å². The molecule has 1 aliphatic heterocycles. The molecule has 0 unspecified atom stereocenters. The molecule has 1 heterocycles. The number of halogens is 1. The van der Waals surface area contributed by atoms with Crippen LogP contribution in [-0.2, 0) is 19.6 Å². The summed E-state index contributed by atoms with van der Waals surface area (Å²) in [5.74, 6) is -0.0783. The maximum Gasteiger partial charge on any atom is 0.240 e. The predicted molar refractivity (Wildman–Crippen MR) is 103 cm³/mol. The number of benzene rings is 1. The number of aryl methyl sites for hydroxylation is 1. The SMILES string of the molecule is COCC1(C(=O)NCCNS(=O)(=O)c2ccc(C)cc2)CCNCC1.Cl. The number of rotatable bonds is 8. The largest absolute Gasteiger partial charge is 0.384 e. The van der Waals surface area contributed by atoms with Gasteiger partial charge in [0.25, 0.3) is 0 Å². The van der Waals surface area contributed by atoms with Crippen molar-refractivity contribution >= 4 is 28.3 Å². The molecule has 1 fully saturated rings. The Balaban J connectivity index is 0.00000338. The van der Waals surface area contributed by atoms with Gasteiger partial charge in [-0.05, 0) is 45.0 Å². The van der Waals surface area contributed by atoms with Crippen LogP contribution in [-0.4, -0.2) is 54.2 Å². The average molecular weight is 406 g/mol. The molecule has 1 aromatic carbocycles. The van der Waals surface area contributed by atoms with Gasteiger partial charge in [0, 0.05) is 20.2 Å². The second-order valence-corrected chi connectivity index (χ2v) is 8.20. The molecular formula is C17H28ClN3O4S. The molecule has 9 heteroatoms. The van der Waals surface area contributed by atoms with Gasteiger partial charge in [-0.2, -0.15) is 0 Å². The Morgan fingerprint density at radius 3 is 2.38 bits per heavy atom. The highest BCUT2D eigenvalue weighted by Crippen LogP contribution is 2.29. The molecule has 0 atom stereocenters. The molecule has 0 radical (unpaired) electrons. The molecule has 1 aromatic rings. The number of carbonyl (C=O) groups excluding carboxylic acids is 1. The topological polar surface area (TPSA) is 96.5 Å². The summed E-state index contributed by atoms with van der Waals surface area (Å²) in [6.45, 7) is 4.20. The lowest BCUT2D eigenvalue weighted by atomic mass is 9.78. The second-order valence-electron chi connectivity index (χ2n) is 6.43. The minimum absolute atomic E-state index is 0. The molecule has 0 saturated carbocycles. The maximum atomic E-state index is 12.5. The summed E-state index contributed by atoms with van der Waals surface area (Å²) in [4.78, 5) is 12.8. The van der Waals surface area contributed by atoms with Crippen LogP contribution in [0.25, 0.3) is 0 Å². The summed E-state index contributed by atoms with van der Waals surface area (Å²) in [5.41, 5.74) is 0.465. The first kappa shape index (κ1) is 22.9. The van der Waals surface area contributed by atoms with Gasteiger partial charge in [-0.1, -0.05) is 17.7 Å². The zero-order valence-electron chi connectivity index (χ0n) is 15.2. The van der Waals surface area contributed by atoms with Crippen LogP contribution in [0.1, 0.15) is 18.4 Å². The van der Waals surface area contributed by atoms with Crippen molar-refractivity contribution in [3.05, 3.63) is 29.8 Å². The predicted octanol–water partition coefficient (Wildman–Crippen LogP) is 0.828. The summed E-state index contributed by atoms with van der Waals surface area (Å²) in [7, 11) is -1.97. The number of hydrogen-bond acceptors (Lipinski definition) is 5. The quantitative estimate of drug-likeness (QED) is 0.556. The van der Waals surface area contributed by atoms with E-state index in [0.29, 0.717) is 19.4 Å². The van der Waals surface area contributed by atoms with Gasteiger partial charge in [-0.25, -0.2) is 13.1 Å². The van der Waals surface area contributed by atoms with Crippen molar-refractivity contribution in [3.8, 4) is 0 Å². The van der Waals surface area contributed by atoms with Crippen molar-refractivity contribution in [3.63, 3.8) is 0 Å². The van der Waals surface area contributed by atoms with E-state index in [9.17, 15) is 13.2 Å². The zero-order valence-corrected chi connectivity index (χ0v) is 16.8. The number of nitrogens with one attached hydrogen (secondary N) is 3. The first-order chi connectivity index (χ1) is 11.9. The van der Waals surface area contributed by atoms with Crippen LogP contribution in [0.5, 0.6) is 0 Å². The van der Waals surface area contributed by atoms with E-state index in [1.54, 1.807) is 31.4 Å². The molecule has 1 aliphatic rings. The van der Waals surface area contributed by atoms with E-state index in [4.69, 9.17) is 4.74 Å². The molecule has 2 rings (SSSR count). The van der Waals surface area contributed by atoms with Crippen LogP contribution in [0.4, 0.5) is 0 Å². The molecule has 1 amide bonds. The first-order valence-electron chi connectivity index (χ1n) is 8.44. The highest BCUT2D eigenvalue weighted by molar-refractivity contribution is 7.89. The maximum absolute atomic E-state index is 12.5. The summed E-state index contributed by atoms with van der Waals surface area (Å²) < 4.78 is 32.2. The number of sulfonamides is 1. The Bertz CT molecular complexity index is 668. The standard InChI is InChI=1S/C17H27N3O4S.ClH/c1-14-3-5-15(6-4-14)25(22,23)20-12-11-19-16(21)17(13-24-2)7-9-18-10-8-17;/h3-6,18,20H,7-13H2,1-2H3,(H,19,21);1H. The normalized spacial score (nSPS) is 16.5. The smallest absolute Gasteiger partial charge is 0.240 e. The molecule has 0 aliphatic carbocycles. The Hall–Kier alpha value is -1.19. The minimum Gasteiger partial charge on any atom is -0.384 e. The molecule has 7 nitrogen and oxygen atoms in total. The average Bonchev–Trinajstić information content (AvgIpc) is 2.60. The molecule has 0 spiro atoms. The summed E-state index contributed by atoms with van der Waals surface area (Å²) in [6.07, 6.45) is 1.42. The molecule has 1 saturated heterocycles. The van der Waals surface area contributed by atoms with Crippen molar-refractivity contribution in [2.75, 3.05) is 39.9 Å². The number of methoxy groups -OCH3 is 1. The van der Waals surface area contributed by atoms with Gasteiger partial charge in [0.05, 0.1) is 16.9 Å². The van der Waals surface area contributed by atoms with Crippen LogP contribution in [0.15, 0.2) is 29.2 Å². The fourth-order valence-electron chi connectivity index (χ4n) is 2.97. The van der Waals surface area contributed by atoms with Crippen molar-refractivity contribution in [1.29, 1.82) is 0 Å². The number of carbonyl (C=O) groups is 1. The molecule has 3 N–H and O–H groups in total. The molecule has 26 heavy (non-hydrogen) atoms. The van der Waals surface area contributed by atoms with E-state index in [1.165, 1.54) is 0 Å². The Labute approximate surface area is 161 Å². The molecular weight excluding hydrogens is 378 g/mol. The van der Waals surface area contributed by atoms with Gasteiger partial charge in [-0.15, -0.1) is 12.4 Å². The van der Waals surface area contributed by atoms with E-state index >= 15 is 0 Å². The van der Waals surface area contributed by atoms with Crippen LogP contribution < -0.4 is 15.4 Å². The van der Waals surface area contributed by atoms with Crippen LogP contribution in [0, 0.1) is 12.3 Å². The number of piperidine rings is 1. The lowest BCUT2D eigenvalue weighted by molar-refractivity contribution is -0.136. The van der Waals surface area contributed by atoms with Crippen molar-refractivity contribution in [2.24, 2.45) is 5.41 Å². The summed E-state index contributed by atoms with van der Waals surface area (Å²) >= 11 is 0.